The fraction of sp³-hybridized carbons (Fsp3) is 0.250. The van der Waals surface area contributed by atoms with Gasteiger partial charge < -0.3 is 5.32 Å². The summed E-state index contributed by atoms with van der Waals surface area (Å²) in [5.41, 5.74) is 4.18. The van der Waals surface area contributed by atoms with Crippen molar-refractivity contribution in [1.29, 1.82) is 0 Å². The maximum atomic E-state index is 4.32. The van der Waals surface area contributed by atoms with Crippen molar-refractivity contribution in [3.8, 4) is 10.7 Å². The van der Waals surface area contributed by atoms with Gasteiger partial charge in [-0.1, -0.05) is 43.7 Å². The van der Waals surface area contributed by atoms with Gasteiger partial charge >= 0.3 is 0 Å². The first-order chi connectivity index (χ1) is 10.9. The Morgan fingerprint density at radius 2 is 2.14 bits per heavy atom. The van der Waals surface area contributed by atoms with E-state index in [0.717, 1.165) is 28.4 Å². The van der Waals surface area contributed by atoms with Crippen LogP contribution in [0.3, 0.4) is 0 Å². The van der Waals surface area contributed by atoms with Crippen molar-refractivity contribution in [1.82, 2.24) is 15.2 Å². The first-order valence-corrected chi connectivity index (χ1v) is 8.38. The summed E-state index contributed by atoms with van der Waals surface area (Å²) in [4.78, 5) is 4.32. The standard InChI is InChI=1S/C16H18BN4S/c1-2-3-8-17-12-4-6-13(7-5-12)20-14-11-19-21-15(14)16-18-9-10-22-16/h4-7,9-11,20H,2-3,8H2,1H3,(H,19,21). The van der Waals surface area contributed by atoms with Crippen molar-refractivity contribution in [2.45, 2.75) is 26.1 Å². The Hall–Kier alpha value is -2.08. The summed E-state index contributed by atoms with van der Waals surface area (Å²) in [6.45, 7) is 2.21. The van der Waals surface area contributed by atoms with Crippen LogP contribution in [0.4, 0.5) is 11.4 Å². The third-order valence-corrected chi connectivity index (χ3v) is 4.20. The summed E-state index contributed by atoms with van der Waals surface area (Å²) < 4.78 is 0. The van der Waals surface area contributed by atoms with Gasteiger partial charge in [0.1, 0.15) is 10.7 Å². The van der Waals surface area contributed by atoms with Crippen molar-refractivity contribution in [2.75, 3.05) is 5.32 Å². The number of nitrogens with one attached hydrogen (secondary N) is 2. The van der Waals surface area contributed by atoms with E-state index in [1.807, 2.05) is 5.38 Å². The fourth-order valence-electron chi connectivity index (χ4n) is 2.22. The van der Waals surface area contributed by atoms with Crippen LogP contribution in [-0.2, 0) is 0 Å². The molecule has 0 unspecified atom stereocenters. The molecule has 0 amide bonds. The van der Waals surface area contributed by atoms with E-state index >= 15 is 0 Å². The normalized spacial score (nSPS) is 10.6. The predicted octanol–water partition coefficient (Wildman–Crippen LogP) is 3.82. The van der Waals surface area contributed by atoms with E-state index < -0.39 is 0 Å². The fourth-order valence-corrected chi connectivity index (χ4v) is 2.87. The SMILES string of the molecule is CCCC[B]c1ccc(Nc2cn[nH]c2-c2nccs2)cc1. The monoisotopic (exact) mass is 309 g/mol. The lowest BCUT2D eigenvalue weighted by atomic mass is 9.66. The van der Waals surface area contributed by atoms with Crippen LogP contribution >= 0.6 is 11.3 Å². The van der Waals surface area contributed by atoms with E-state index in [0.29, 0.717) is 0 Å². The van der Waals surface area contributed by atoms with Crippen molar-refractivity contribution in [3.63, 3.8) is 0 Å². The molecule has 6 heteroatoms. The summed E-state index contributed by atoms with van der Waals surface area (Å²) in [7, 11) is 2.28. The average molecular weight is 309 g/mol. The number of unbranched alkanes of at least 4 members (excludes halogenated alkanes) is 1. The minimum atomic E-state index is 0.925. The largest absolute Gasteiger partial charge is 0.352 e. The highest BCUT2D eigenvalue weighted by atomic mass is 32.1. The maximum Gasteiger partial charge on any atom is 0.151 e. The highest BCUT2D eigenvalue weighted by molar-refractivity contribution is 7.13. The van der Waals surface area contributed by atoms with Gasteiger partial charge in [0.05, 0.1) is 11.9 Å². The first kappa shape index (κ1) is 14.8. The molecule has 3 aromatic rings. The molecule has 2 aromatic heterocycles. The van der Waals surface area contributed by atoms with Gasteiger partial charge in [0.2, 0.25) is 0 Å². The zero-order chi connectivity index (χ0) is 15.2. The highest BCUT2D eigenvalue weighted by Gasteiger charge is 2.10. The molecule has 0 aliphatic carbocycles. The molecule has 0 atom stereocenters. The number of nitrogens with zero attached hydrogens (tertiary/aromatic N) is 2. The second-order valence-corrected chi connectivity index (χ2v) is 5.98. The van der Waals surface area contributed by atoms with Crippen LogP contribution in [-0.4, -0.2) is 22.5 Å². The minimum Gasteiger partial charge on any atom is -0.352 e. The molecule has 2 heterocycles. The Balaban J connectivity index is 1.68. The zero-order valence-corrected chi connectivity index (χ0v) is 13.4. The lowest BCUT2D eigenvalue weighted by Crippen LogP contribution is -2.12. The molecule has 0 saturated heterocycles. The van der Waals surface area contributed by atoms with Gasteiger partial charge in [-0.05, 0) is 12.1 Å². The molecule has 0 spiro atoms. The molecule has 3 rings (SSSR count). The van der Waals surface area contributed by atoms with Crippen molar-refractivity contribution in [2.24, 2.45) is 0 Å². The third kappa shape index (κ3) is 3.57. The summed E-state index contributed by atoms with van der Waals surface area (Å²) in [5, 5.41) is 13.4. The van der Waals surface area contributed by atoms with Crippen LogP contribution in [0.1, 0.15) is 19.8 Å². The molecule has 111 valence electrons. The number of rotatable bonds is 7. The molecular weight excluding hydrogens is 291 g/mol. The lowest BCUT2D eigenvalue weighted by molar-refractivity contribution is 0.881. The quantitative estimate of drug-likeness (QED) is 0.515. The van der Waals surface area contributed by atoms with Crippen LogP contribution in [0.2, 0.25) is 6.32 Å². The zero-order valence-electron chi connectivity index (χ0n) is 12.5. The van der Waals surface area contributed by atoms with Gasteiger partial charge in [0, 0.05) is 17.3 Å². The van der Waals surface area contributed by atoms with Crippen LogP contribution in [0.25, 0.3) is 10.7 Å². The van der Waals surface area contributed by atoms with Crippen molar-refractivity contribution in [3.05, 3.63) is 42.0 Å². The number of hydrogen-bond acceptors (Lipinski definition) is 4. The number of anilines is 2. The van der Waals surface area contributed by atoms with E-state index in [4.69, 9.17) is 0 Å². The van der Waals surface area contributed by atoms with Gasteiger partial charge in [-0.2, -0.15) is 5.10 Å². The number of hydrogen-bond donors (Lipinski definition) is 2. The Morgan fingerprint density at radius 1 is 1.27 bits per heavy atom. The number of aromatic nitrogens is 3. The molecule has 1 radical (unpaired) electrons. The molecule has 2 N–H and O–H groups in total. The second kappa shape index (κ2) is 7.27. The van der Waals surface area contributed by atoms with Crippen LogP contribution < -0.4 is 10.8 Å². The number of thiazole rings is 1. The predicted molar refractivity (Wildman–Crippen MR) is 94.5 cm³/mol. The topological polar surface area (TPSA) is 53.6 Å². The average Bonchev–Trinajstić information content (AvgIpc) is 3.20. The van der Waals surface area contributed by atoms with E-state index in [1.165, 1.54) is 18.3 Å². The molecule has 0 fully saturated rings. The van der Waals surface area contributed by atoms with Gasteiger partial charge in [-0.15, -0.1) is 11.3 Å². The second-order valence-electron chi connectivity index (χ2n) is 5.09. The van der Waals surface area contributed by atoms with Crippen molar-refractivity contribution >= 4 is 35.5 Å². The lowest BCUT2D eigenvalue weighted by Gasteiger charge is -2.07. The molecule has 0 bridgehead atoms. The number of H-pyrrole nitrogens is 1. The van der Waals surface area contributed by atoms with Gasteiger partial charge in [0.25, 0.3) is 0 Å². The van der Waals surface area contributed by atoms with E-state index in [-0.39, 0.29) is 0 Å². The molecule has 22 heavy (non-hydrogen) atoms. The molecule has 0 aliphatic heterocycles. The molecule has 0 saturated carbocycles. The smallest absolute Gasteiger partial charge is 0.151 e. The van der Waals surface area contributed by atoms with Gasteiger partial charge in [-0.3, -0.25) is 5.10 Å². The van der Waals surface area contributed by atoms with Crippen LogP contribution in [0.5, 0.6) is 0 Å². The maximum absolute atomic E-state index is 4.32. The number of aromatic amines is 1. The highest BCUT2D eigenvalue weighted by Crippen LogP contribution is 2.28. The summed E-state index contributed by atoms with van der Waals surface area (Å²) >= 11 is 1.59. The van der Waals surface area contributed by atoms with Gasteiger partial charge in [-0.25, -0.2) is 4.98 Å². The van der Waals surface area contributed by atoms with Crippen LogP contribution in [0.15, 0.2) is 42.0 Å². The van der Waals surface area contributed by atoms with Crippen molar-refractivity contribution < 1.29 is 0 Å². The Bertz CT molecular complexity index is 691. The summed E-state index contributed by atoms with van der Waals surface area (Å²) in [5.74, 6) is 0. The van der Waals surface area contributed by atoms with Gasteiger partial charge in [0.15, 0.2) is 7.28 Å². The molecule has 1 aromatic carbocycles. The Labute approximate surface area is 135 Å². The summed E-state index contributed by atoms with van der Waals surface area (Å²) in [6, 6.07) is 8.47. The Kier molecular flexibility index (Phi) is 4.90. The molecule has 0 aliphatic rings. The first-order valence-electron chi connectivity index (χ1n) is 7.50. The minimum absolute atomic E-state index is 0.925. The third-order valence-electron chi connectivity index (χ3n) is 3.41. The Morgan fingerprint density at radius 3 is 2.86 bits per heavy atom. The van der Waals surface area contributed by atoms with Crippen LogP contribution in [0, 0.1) is 0 Å². The van der Waals surface area contributed by atoms with E-state index in [2.05, 4.69) is 59.0 Å². The molecule has 4 nitrogen and oxygen atoms in total. The summed E-state index contributed by atoms with van der Waals surface area (Å²) in [6.07, 6.45) is 7.20. The van der Waals surface area contributed by atoms with E-state index in [1.54, 1.807) is 23.7 Å². The molecular formula is C16H18BN4S. The number of benzene rings is 1. The van der Waals surface area contributed by atoms with E-state index in [9.17, 15) is 0 Å².